The van der Waals surface area contributed by atoms with Crippen LogP contribution in [0.3, 0.4) is 0 Å². The minimum absolute atomic E-state index is 0.00725. The number of nitrogens with two attached hydrogens (primary N) is 1. The van der Waals surface area contributed by atoms with E-state index in [4.69, 9.17) is 5.73 Å². The number of aliphatic carboxylic acids is 1. The zero-order valence-electron chi connectivity index (χ0n) is 40.8. The van der Waals surface area contributed by atoms with Crippen molar-refractivity contribution in [1.82, 2.24) is 10.3 Å². The second-order valence-corrected chi connectivity index (χ2v) is 21.6. The molecule has 1 aromatic heterocycles. The number of H-pyrrole nitrogens is 1. The molecule has 2 heterocycles. The second kappa shape index (κ2) is 21.8. The molecule has 2 bridgehead atoms. The number of nitrogens with one attached hydrogen (secondary N) is 2. The van der Waals surface area contributed by atoms with E-state index in [1.807, 2.05) is 60.7 Å². The predicted molar refractivity (Wildman–Crippen MR) is 276 cm³/mol. The third kappa shape index (κ3) is 10.7. The van der Waals surface area contributed by atoms with Gasteiger partial charge in [-0.3, -0.25) is 4.79 Å². The summed E-state index contributed by atoms with van der Waals surface area (Å²) in [5.41, 5.74) is 12.0. The SMILES string of the molecule is CCCCCC1C=CC(CCCCC2CCC(c3cc(-c4ccccc4)c(-c4cc(O)cc(O)c4Cc4ccccc4)[nH]3)C3CC(CC4=CCNC(N)=C4)C4C=CC(CC43O)C(O)C2C(=O)O)C(O)C1. The molecular formula is C60H75N3O7. The van der Waals surface area contributed by atoms with Crippen molar-refractivity contribution >= 4 is 5.97 Å². The van der Waals surface area contributed by atoms with Gasteiger partial charge in [-0.05, 0) is 116 Å². The molecule has 5 aliphatic rings. The lowest BCUT2D eigenvalue weighted by Crippen LogP contribution is -2.50. The summed E-state index contributed by atoms with van der Waals surface area (Å²) in [6.45, 7) is 2.85. The van der Waals surface area contributed by atoms with Gasteiger partial charge in [0.25, 0.3) is 0 Å². The Hall–Kier alpha value is -5.55. The van der Waals surface area contributed by atoms with Crippen LogP contribution in [0.2, 0.25) is 0 Å². The van der Waals surface area contributed by atoms with Crippen LogP contribution in [0.25, 0.3) is 22.4 Å². The maximum atomic E-state index is 13.5. The molecule has 12 unspecified atom stereocenters. The Labute approximate surface area is 414 Å². The molecule has 0 saturated heterocycles. The number of aliphatic hydroxyl groups excluding tert-OH is 2. The van der Waals surface area contributed by atoms with E-state index in [2.05, 4.69) is 59.7 Å². The summed E-state index contributed by atoms with van der Waals surface area (Å²) in [6, 6.07) is 25.4. The molecule has 9 rings (SSSR count). The van der Waals surface area contributed by atoms with E-state index in [9.17, 15) is 35.4 Å². The van der Waals surface area contributed by atoms with E-state index in [1.165, 1.54) is 25.3 Å². The minimum atomic E-state index is -1.25. The number of phenols is 2. The van der Waals surface area contributed by atoms with Crippen molar-refractivity contribution in [3.8, 4) is 33.9 Å². The summed E-state index contributed by atoms with van der Waals surface area (Å²) in [5, 5.41) is 73.9. The number of allylic oxidation sites excluding steroid dienone is 3. The Balaban J connectivity index is 1.09. The van der Waals surface area contributed by atoms with Crippen molar-refractivity contribution in [2.45, 2.75) is 127 Å². The Morgan fingerprint density at radius 1 is 0.829 bits per heavy atom. The average Bonchev–Trinajstić information content (AvgIpc) is 3.91. The number of carboxylic acids is 1. The summed E-state index contributed by atoms with van der Waals surface area (Å²) in [4.78, 5) is 17.4. The number of phenolic OH excluding ortho intramolecular Hbond substituents is 2. The summed E-state index contributed by atoms with van der Waals surface area (Å²) in [7, 11) is 0. The number of aliphatic hydroxyl groups is 3. The monoisotopic (exact) mass is 950 g/mol. The largest absolute Gasteiger partial charge is 0.508 e. The van der Waals surface area contributed by atoms with E-state index in [0.29, 0.717) is 61.5 Å². The predicted octanol–water partition coefficient (Wildman–Crippen LogP) is 10.9. The van der Waals surface area contributed by atoms with E-state index >= 15 is 0 Å². The first-order valence-corrected chi connectivity index (χ1v) is 26.4. The van der Waals surface area contributed by atoms with Gasteiger partial charge in [-0.25, -0.2) is 0 Å². The summed E-state index contributed by atoms with van der Waals surface area (Å²) < 4.78 is 0. The lowest BCUT2D eigenvalue weighted by atomic mass is 9.62. The number of aromatic hydroxyl groups is 2. The van der Waals surface area contributed by atoms with E-state index in [1.54, 1.807) is 6.07 Å². The minimum Gasteiger partial charge on any atom is -0.508 e. The number of hydrogen-bond donors (Lipinski definition) is 9. The first-order valence-electron chi connectivity index (χ1n) is 26.4. The van der Waals surface area contributed by atoms with E-state index in [-0.39, 0.29) is 59.5 Å². The third-order valence-corrected chi connectivity index (χ3v) is 17.1. The Bertz CT molecular complexity index is 2550. The van der Waals surface area contributed by atoms with Gasteiger partial charge in [0.1, 0.15) is 11.5 Å². The highest BCUT2D eigenvalue weighted by molar-refractivity contribution is 5.85. The Kier molecular flexibility index (Phi) is 15.4. The fourth-order valence-corrected chi connectivity index (χ4v) is 13.5. The number of unbranched alkanes of at least 4 members (excludes halogenated alkanes) is 3. The summed E-state index contributed by atoms with van der Waals surface area (Å²) in [5.74, 6) is -2.54. The van der Waals surface area contributed by atoms with Gasteiger partial charge in [0.15, 0.2) is 0 Å². The molecule has 0 radical (unpaired) electrons. The normalized spacial score (nSPS) is 30.6. The average molecular weight is 950 g/mol. The molecule has 10 N–H and O–H groups in total. The number of aromatic nitrogens is 1. The number of fused-ring (bicyclic) bond motifs is 1. The molecule has 2 saturated carbocycles. The smallest absolute Gasteiger partial charge is 0.309 e. The highest BCUT2D eigenvalue weighted by atomic mass is 16.4. The molecule has 1 aliphatic heterocycles. The first-order chi connectivity index (χ1) is 33.9. The molecular weight excluding hydrogens is 875 g/mol. The zero-order chi connectivity index (χ0) is 48.9. The number of rotatable bonds is 17. The molecule has 12 atom stereocenters. The van der Waals surface area contributed by atoms with Crippen LogP contribution in [-0.4, -0.2) is 65.9 Å². The van der Waals surface area contributed by atoms with E-state index in [0.717, 1.165) is 72.2 Å². The molecule has 3 aromatic carbocycles. The van der Waals surface area contributed by atoms with Crippen molar-refractivity contribution in [1.29, 1.82) is 0 Å². The molecule has 4 aliphatic carbocycles. The quantitative estimate of drug-likeness (QED) is 0.0366. The van der Waals surface area contributed by atoms with Gasteiger partial charge >= 0.3 is 5.97 Å². The maximum Gasteiger partial charge on any atom is 0.309 e. The summed E-state index contributed by atoms with van der Waals surface area (Å²) in [6.07, 6.45) is 22.9. The number of carboxylic acid groups (broad SMARTS) is 1. The van der Waals surface area contributed by atoms with Crippen LogP contribution in [-0.2, 0) is 11.2 Å². The van der Waals surface area contributed by atoms with Gasteiger partial charge < -0.3 is 46.7 Å². The Morgan fingerprint density at radius 3 is 2.33 bits per heavy atom. The number of benzene rings is 3. The van der Waals surface area contributed by atoms with Gasteiger partial charge in [-0.2, -0.15) is 0 Å². The number of carbonyl (C=O) groups is 1. The molecule has 70 heavy (non-hydrogen) atoms. The lowest BCUT2D eigenvalue weighted by Gasteiger charge is -2.46. The van der Waals surface area contributed by atoms with Crippen LogP contribution in [0.15, 0.2) is 127 Å². The molecule has 0 spiro atoms. The van der Waals surface area contributed by atoms with E-state index < -0.39 is 29.5 Å². The molecule has 2 fully saturated rings. The van der Waals surface area contributed by atoms with Crippen molar-refractivity contribution in [2.24, 2.45) is 53.1 Å². The highest BCUT2D eigenvalue weighted by Crippen LogP contribution is 2.60. The van der Waals surface area contributed by atoms with Gasteiger partial charge in [-0.1, -0.05) is 130 Å². The number of hydrogen-bond acceptors (Lipinski definition) is 8. The molecule has 0 amide bonds. The van der Waals surface area contributed by atoms with Crippen LogP contribution < -0.4 is 11.1 Å². The van der Waals surface area contributed by atoms with Crippen LogP contribution in [0.5, 0.6) is 11.5 Å². The van der Waals surface area contributed by atoms with Crippen LogP contribution in [0.4, 0.5) is 0 Å². The molecule has 10 heteroatoms. The van der Waals surface area contributed by atoms with Crippen LogP contribution >= 0.6 is 0 Å². The molecule has 4 aromatic rings. The first kappa shape index (κ1) is 49.4. The maximum absolute atomic E-state index is 13.5. The fourth-order valence-electron chi connectivity index (χ4n) is 13.5. The number of aromatic amines is 1. The lowest BCUT2D eigenvalue weighted by molar-refractivity contribution is -0.153. The van der Waals surface area contributed by atoms with Gasteiger partial charge in [0, 0.05) is 65.1 Å². The van der Waals surface area contributed by atoms with Crippen molar-refractivity contribution in [3.63, 3.8) is 0 Å². The fraction of sp³-hybridized carbons (Fsp3) is 0.483. The highest BCUT2D eigenvalue weighted by Gasteiger charge is 2.59. The van der Waals surface area contributed by atoms with Crippen LogP contribution in [0, 0.1) is 47.3 Å². The second-order valence-electron chi connectivity index (χ2n) is 21.6. The van der Waals surface area contributed by atoms with Crippen molar-refractivity contribution < 1.29 is 35.4 Å². The standard InChI is InChI=1S/C60H75N3O7/c1-2-3-6-13-38-20-21-41(53(65)30-38)18-11-12-19-42-22-24-46(51-32-44(28-39-26-27-62-55(61)31-39)50-25-23-43(36-60(50,51)70)58(67)56(42)59(68)69)52-35-47(40-16-9-5-10-17-40)57(63-52)49-33-45(64)34-54(66)48(49)29-37-14-7-4-8-15-37/h4-5,7-10,14-17,20-21,23,25-26,31,33-35,38,41-44,46,50-51,53,56,58,62-67,70H,2-3,6,11-13,18-19,22,24,27-30,32,36,61H2,1H3,(H,68,69). The summed E-state index contributed by atoms with van der Waals surface area (Å²) >= 11 is 0. The third-order valence-electron chi connectivity index (χ3n) is 17.1. The topological polar surface area (TPSA) is 192 Å². The van der Waals surface area contributed by atoms with Gasteiger partial charge in [0.05, 0.1) is 35.2 Å². The molecule has 372 valence electrons. The zero-order valence-corrected chi connectivity index (χ0v) is 40.8. The number of dihydropyridines is 1. The van der Waals surface area contributed by atoms with Crippen molar-refractivity contribution in [2.75, 3.05) is 6.54 Å². The molecule has 10 nitrogen and oxygen atoms in total. The van der Waals surface area contributed by atoms with Gasteiger partial charge in [-0.15, -0.1) is 0 Å². The Morgan fingerprint density at radius 2 is 1.59 bits per heavy atom. The van der Waals surface area contributed by atoms with Crippen LogP contribution in [0.1, 0.15) is 120 Å². The van der Waals surface area contributed by atoms with Gasteiger partial charge in [0.2, 0.25) is 0 Å². The van der Waals surface area contributed by atoms with Crippen molar-refractivity contribution in [3.05, 3.63) is 144 Å².